The number of carbonyl (C=O) groups is 1. The predicted octanol–water partition coefficient (Wildman–Crippen LogP) is 5.44. The Bertz CT molecular complexity index is 1330. The molecular formula is C27H29BrN6O. The molecule has 2 aromatic heterocycles. The molecule has 4 aromatic rings. The highest BCUT2D eigenvalue weighted by Gasteiger charge is 2.27. The highest BCUT2D eigenvalue weighted by molar-refractivity contribution is 9.10. The van der Waals surface area contributed by atoms with E-state index in [0.29, 0.717) is 31.7 Å². The van der Waals surface area contributed by atoms with Crippen molar-refractivity contribution in [2.24, 2.45) is 0 Å². The summed E-state index contributed by atoms with van der Waals surface area (Å²) >= 11 is 3.51. The van der Waals surface area contributed by atoms with Gasteiger partial charge in [-0.05, 0) is 46.6 Å². The van der Waals surface area contributed by atoms with E-state index >= 15 is 0 Å². The Balaban J connectivity index is 1.46. The molecule has 0 radical (unpaired) electrons. The highest BCUT2D eigenvalue weighted by atomic mass is 79.9. The van der Waals surface area contributed by atoms with Gasteiger partial charge in [0.2, 0.25) is 0 Å². The molecule has 0 bridgehead atoms. The molecular weight excluding hydrogens is 504 g/mol. The number of aromatic nitrogens is 4. The number of para-hydroxylation sites is 1. The van der Waals surface area contributed by atoms with Crippen molar-refractivity contribution in [3.63, 3.8) is 0 Å². The zero-order chi connectivity index (χ0) is 24.4. The largest absolute Gasteiger partial charge is 0.352 e. The van der Waals surface area contributed by atoms with Gasteiger partial charge < -0.3 is 9.80 Å². The van der Waals surface area contributed by atoms with Crippen LogP contribution in [0.15, 0.2) is 65.3 Å². The summed E-state index contributed by atoms with van der Waals surface area (Å²) in [5.74, 6) is 2.06. The maximum absolute atomic E-state index is 13.1. The summed E-state index contributed by atoms with van der Waals surface area (Å²) in [6.07, 6.45) is 3.97. The van der Waals surface area contributed by atoms with Crippen molar-refractivity contribution in [3.05, 3.63) is 76.7 Å². The van der Waals surface area contributed by atoms with Gasteiger partial charge in [-0.2, -0.15) is 5.10 Å². The van der Waals surface area contributed by atoms with E-state index in [-0.39, 0.29) is 11.8 Å². The van der Waals surface area contributed by atoms with Crippen LogP contribution in [0.3, 0.4) is 0 Å². The minimum atomic E-state index is 0.0547. The molecule has 0 aliphatic carbocycles. The van der Waals surface area contributed by atoms with Crippen LogP contribution < -0.4 is 4.90 Å². The topological polar surface area (TPSA) is 67.2 Å². The molecule has 35 heavy (non-hydrogen) atoms. The lowest BCUT2D eigenvalue weighted by molar-refractivity contribution is 0.0745. The van der Waals surface area contributed by atoms with Crippen molar-refractivity contribution < 1.29 is 4.79 Å². The molecule has 1 aliphatic heterocycles. The fourth-order valence-corrected chi connectivity index (χ4v) is 5.07. The zero-order valence-electron chi connectivity index (χ0n) is 20.1. The molecule has 0 saturated carbocycles. The molecule has 0 spiro atoms. The first-order chi connectivity index (χ1) is 17.1. The van der Waals surface area contributed by atoms with E-state index < -0.39 is 0 Å². The summed E-state index contributed by atoms with van der Waals surface area (Å²) in [5, 5.41) is 5.61. The van der Waals surface area contributed by atoms with Gasteiger partial charge in [-0.15, -0.1) is 0 Å². The van der Waals surface area contributed by atoms with E-state index in [1.54, 1.807) is 0 Å². The van der Waals surface area contributed by atoms with Crippen LogP contribution in [-0.4, -0.2) is 56.7 Å². The molecule has 180 valence electrons. The Hall–Kier alpha value is -3.26. The number of anilines is 1. The Kier molecular flexibility index (Phi) is 6.81. The summed E-state index contributed by atoms with van der Waals surface area (Å²) in [4.78, 5) is 27.3. The second-order valence-corrected chi connectivity index (χ2v) is 9.84. The van der Waals surface area contributed by atoms with E-state index in [1.165, 1.54) is 0 Å². The summed E-state index contributed by atoms with van der Waals surface area (Å²) in [6.45, 7) is 7.06. The first-order valence-corrected chi connectivity index (χ1v) is 13.0. The maximum Gasteiger partial charge on any atom is 0.255 e. The third-order valence-electron chi connectivity index (χ3n) is 6.56. The van der Waals surface area contributed by atoms with Gasteiger partial charge >= 0.3 is 0 Å². The standard InChI is InChI=1S/C27H29BrN6O/c1-3-9-19(2)24-30-25(22-18-29-34(26(22)31-24)20-10-5-4-6-11-20)32-14-16-33(17-15-32)27(35)21-12-7-8-13-23(21)28/h4-8,10-13,18-19H,3,9,14-17H2,1-2H3. The van der Waals surface area contributed by atoms with Crippen molar-refractivity contribution in [1.29, 1.82) is 0 Å². The van der Waals surface area contributed by atoms with Crippen LogP contribution in [0.2, 0.25) is 0 Å². The van der Waals surface area contributed by atoms with Gasteiger partial charge in [0.1, 0.15) is 11.6 Å². The average Bonchev–Trinajstić information content (AvgIpc) is 3.33. The van der Waals surface area contributed by atoms with Gasteiger partial charge in [-0.1, -0.05) is 50.6 Å². The second-order valence-electron chi connectivity index (χ2n) is 8.98. The minimum Gasteiger partial charge on any atom is -0.352 e. The predicted molar refractivity (Wildman–Crippen MR) is 142 cm³/mol. The number of hydrogen-bond acceptors (Lipinski definition) is 5. The summed E-state index contributed by atoms with van der Waals surface area (Å²) < 4.78 is 2.72. The van der Waals surface area contributed by atoms with Crippen LogP contribution in [0.25, 0.3) is 16.7 Å². The van der Waals surface area contributed by atoms with Crippen LogP contribution >= 0.6 is 15.9 Å². The number of fused-ring (bicyclic) bond motifs is 1. The molecule has 1 fully saturated rings. The van der Waals surface area contributed by atoms with Gasteiger partial charge in [-0.3, -0.25) is 4.79 Å². The Labute approximate surface area is 213 Å². The van der Waals surface area contributed by atoms with E-state index in [9.17, 15) is 4.79 Å². The molecule has 8 heteroatoms. The molecule has 1 saturated heterocycles. The minimum absolute atomic E-state index is 0.0547. The first-order valence-electron chi connectivity index (χ1n) is 12.2. The number of nitrogens with zero attached hydrogens (tertiary/aromatic N) is 6. The van der Waals surface area contributed by atoms with Gasteiger partial charge in [0.05, 0.1) is 22.8 Å². The summed E-state index contributed by atoms with van der Waals surface area (Å²) in [6, 6.07) is 17.7. The van der Waals surface area contributed by atoms with Crippen molar-refractivity contribution in [1.82, 2.24) is 24.6 Å². The monoisotopic (exact) mass is 532 g/mol. The quantitative estimate of drug-likeness (QED) is 0.330. The van der Waals surface area contributed by atoms with Gasteiger partial charge in [0, 0.05) is 36.6 Å². The SMILES string of the molecule is CCCC(C)c1nc(N2CCN(C(=O)c3ccccc3Br)CC2)c2cnn(-c3ccccc3)c2n1. The number of amides is 1. The molecule has 1 unspecified atom stereocenters. The first kappa shape index (κ1) is 23.5. The lowest BCUT2D eigenvalue weighted by atomic mass is 10.1. The molecule has 3 heterocycles. The van der Waals surface area contributed by atoms with Crippen molar-refractivity contribution >= 4 is 38.7 Å². The maximum atomic E-state index is 13.1. The highest BCUT2D eigenvalue weighted by Crippen LogP contribution is 2.30. The third-order valence-corrected chi connectivity index (χ3v) is 7.25. The van der Waals surface area contributed by atoms with Crippen molar-refractivity contribution in [2.45, 2.75) is 32.6 Å². The van der Waals surface area contributed by atoms with E-state index in [4.69, 9.17) is 9.97 Å². The Morgan fingerprint density at radius 1 is 1.00 bits per heavy atom. The number of piperazine rings is 1. The lowest BCUT2D eigenvalue weighted by Gasteiger charge is -2.36. The normalized spacial score (nSPS) is 14.9. The van der Waals surface area contributed by atoms with Crippen LogP contribution in [0.5, 0.6) is 0 Å². The number of hydrogen-bond donors (Lipinski definition) is 0. The lowest BCUT2D eigenvalue weighted by Crippen LogP contribution is -2.49. The van der Waals surface area contributed by atoms with Gasteiger partial charge in [-0.25, -0.2) is 14.6 Å². The number of halogens is 1. The molecule has 1 aliphatic rings. The zero-order valence-corrected chi connectivity index (χ0v) is 21.6. The molecule has 7 nitrogen and oxygen atoms in total. The molecule has 1 amide bonds. The van der Waals surface area contributed by atoms with Crippen LogP contribution in [0.4, 0.5) is 5.82 Å². The van der Waals surface area contributed by atoms with Crippen molar-refractivity contribution in [3.8, 4) is 5.69 Å². The van der Waals surface area contributed by atoms with E-state index in [1.807, 2.05) is 70.4 Å². The van der Waals surface area contributed by atoms with E-state index in [2.05, 4.69) is 39.8 Å². The Morgan fingerprint density at radius 2 is 1.71 bits per heavy atom. The van der Waals surface area contributed by atoms with Gasteiger partial charge in [0.15, 0.2) is 5.65 Å². The number of benzene rings is 2. The fourth-order valence-electron chi connectivity index (χ4n) is 4.62. The summed E-state index contributed by atoms with van der Waals surface area (Å²) in [7, 11) is 0. The van der Waals surface area contributed by atoms with Crippen LogP contribution in [0.1, 0.15) is 48.8 Å². The molecule has 1 atom stereocenters. The Morgan fingerprint density at radius 3 is 2.43 bits per heavy atom. The average molecular weight is 533 g/mol. The molecule has 2 aromatic carbocycles. The number of carbonyl (C=O) groups excluding carboxylic acids is 1. The number of rotatable bonds is 6. The smallest absolute Gasteiger partial charge is 0.255 e. The molecule has 5 rings (SSSR count). The van der Waals surface area contributed by atoms with Crippen molar-refractivity contribution in [2.75, 3.05) is 31.1 Å². The van der Waals surface area contributed by atoms with E-state index in [0.717, 1.165) is 45.7 Å². The summed E-state index contributed by atoms with van der Waals surface area (Å²) in [5.41, 5.74) is 2.50. The molecule has 0 N–H and O–H groups in total. The van der Waals surface area contributed by atoms with Crippen LogP contribution in [0, 0.1) is 0 Å². The second kappa shape index (κ2) is 10.2. The fraction of sp³-hybridized carbons (Fsp3) is 0.333. The van der Waals surface area contributed by atoms with Crippen LogP contribution in [-0.2, 0) is 0 Å². The third kappa shape index (κ3) is 4.67. The van der Waals surface area contributed by atoms with Gasteiger partial charge in [0.25, 0.3) is 5.91 Å².